The Hall–Kier alpha value is -7.50. The summed E-state index contributed by atoms with van der Waals surface area (Å²) in [7, 11) is 0. The fourth-order valence-electron chi connectivity index (χ4n) is 8.13. The van der Waals surface area contributed by atoms with Gasteiger partial charge in [0.05, 0.1) is 11.0 Å². The molecule has 8 aromatic carbocycles. The van der Waals surface area contributed by atoms with Gasteiger partial charge in [0.2, 0.25) is 0 Å². The van der Waals surface area contributed by atoms with E-state index in [1.54, 1.807) is 6.07 Å². The Morgan fingerprint density at radius 1 is 0.362 bits per heavy atom. The highest BCUT2D eigenvalue weighted by Gasteiger charge is 2.21. The van der Waals surface area contributed by atoms with Crippen molar-refractivity contribution in [1.82, 2.24) is 19.5 Å². The average molecular weight is 749 g/mol. The third kappa shape index (κ3) is 6.23. The van der Waals surface area contributed by atoms with Crippen LogP contribution in [0.15, 0.2) is 188 Å². The Morgan fingerprint density at radius 3 is 1.34 bits per heavy atom. The van der Waals surface area contributed by atoms with Crippen LogP contribution in [0, 0.1) is 19.7 Å². The molecule has 276 valence electrons. The van der Waals surface area contributed by atoms with E-state index in [9.17, 15) is 0 Å². The second kappa shape index (κ2) is 14.5. The lowest BCUT2D eigenvalue weighted by Crippen LogP contribution is -2.03. The summed E-state index contributed by atoms with van der Waals surface area (Å²) in [6.07, 6.45) is 0. The summed E-state index contributed by atoms with van der Waals surface area (Å²) in [5.41, 5.74) is 13.7. The third-order valence-electron chi connectivity index (χ3n) is 11.0. The van der Waals surface area contributed by atoms with Gasteiger partial charge >= 0.3 is 0 Å². The van der Waals surface area contributed by atoms with E-state index in [1.807, 2.05) is 78.9 Å². The van der Waals surface area contributed by atoms with Gasteiger partial charge in [-0.3, -0.25) is 0 Å². The molecule has 0 aliphatic carbocycles. The molecule has 10 rings (SSSR count). The van der Waals surface area contributed by atoms with Crippen LogP contribution in [0.3, 0.4) is 0 Å². The molecule has 2 aromatic heterocycles. The number of rotatable bonds is 7. The van der Waals surface area contributed by atoms with E-state index in [-0.39, 0.29) is 5.82 Å². The van der Waals surface area contributed by atoms with Crippen molar-refractivity contribution >= 4 is 21.8 Å². The summed E-state index contributed by atoms with van der Waals surface area (Å²) in [6, 6.07) is 63.4. The maximum absolute atomic E-state index is 15.9. The lowest BCUT2D eigenvalue weighted by atomic mass is 9.97. The minimum absolute atomic E-state index is 0.320. The Kier molecular flexibility index (Phi) is 8.76. The van der Waals surface area contributed by atoms with Crippen molar-refractivity contribution in [3.8, 4) is 73.2 Å². The van der Waals surface area contributed by atoms with Crippen LogP contribution in [0.25, 0.3) is 95.0 Å². The molecule has 0 unspecified atom stereocenters. The first-order chi connectivity index (χ1) is 28.5. The molecular weight excluding hydrogens is 712 g/mol. The second-order valence-electron chi connectivity index (χ2n) is 14.7. The number of aromatic nitrogens is 4. The monoisotopic (exact) mass is 748 g/mol. The highest BCUT2D eigenvalue weighted by molar-refractivity contribution is 6.11. The van der Waals surface area contributed by atoms with Gasteiger partial charge in [0.1, 0.15) is 5.82 Å². The van der Waals surface area contributed by atoms with Gasteiger partial charge in [0.25, 0.3) is 0 Å². The molecule has 0 saturated heterocycles. The third-order valence-corrected chi connectivity index (χ3v) is 11.0. The molecule has 4 nitrogen and oxygen atoms in total. The van der Waals surface area contributed by atoms with E-state index in [0.717, 1.165) is 49.7 Å². The molecular formula is C53H37FN4. The van der Waals surface area contributed by atoms with Crippen LogP contribution in [-0.2, 0) is 0 Å². The predicted molar refractivity (Wildman–Crippen MR) is 236 cm³/mol. The number of hydrogen-bond acceptors (Lipinski definition) is 3. The fourth-order valence-corrected chi connectivity index (χ4v) is 8.13. The average Bonchev–Trinajstić information content (AvgIpc) is 3.60. The number of fused-ring (bicyclic) bond motifs is 3. The number of hydrogen-bond donors (Lipinski definition) is 0. The molecule has 5 heteroatoms. The van der Waals surface area contributed by atoms with Gasteiger partial charge in [0, 0.05) is 38.7 Å². The van der Waals surface area contributed by atoms with E-state index in [4.69, 9.17) is 15.0 Å². The first kappa shape index (κ1) is 35.0. The van der Waals surface area contributed by atoms with Crippen molar-refractivity contribution in [3.63, 3.8) is 0 Å². The lowest BCUT2D eigenvalue weighted by Gasteiger charge is -2.16. The smallest absolute Gasteiger partial charge is 0.164 e. The topological polar surface area (TPSA) is 43.6 Å². The van der Waals surface area contributed by atoms with E-state index < -0.39 is 0 Å². The first-order valence-corrected chi connectivity index (χ1v) is 19.5. The summed E-state index contributed by atoms with van der Waals surface area (Å²) in [5.74, 6) is 1.21. The highest BCUT2D eigenvalue weighted by Crippen LogP contribution is 2.41. The quantitative estimate of drug-likeness (QED) is 0.163. The van der Waals surface area contributed by atoms with E-state index >= 15 is 4.39 Å². The molecule has 0 atom stereocenters. The molecule has 58 heavy (non-hydrogen) atoms. The molecule has 0 fully saturated rings. The molecule has 0 saturated carbocycles. The van der Waals surface area contributed by atoms with E-state index in [1.165, 1.54) is 28.3 Å². The van der Waals surface area contributed by atoms with Crippen molar-refractivity contribution < 1.29 is 4.39 Å². The van der Waals surface area contributed by atoms with Crippen molar-refractivity contribution in [1.29, 1.82) is 0 Å². The minimum atomic E-state index is -0.320. The fraction of sp³-hybridized carbons (Fsp3) is 0.0377. The van der Waals surface area contributed by atoms with Crippen molar-refractivity contribution in [2.75, 3.05) is 0 Å². The van der Waals surface area contributed by atoms with Crippen molar-refractivity contribution in [3.05, 3.63) is 205 Å². The predicted octanol–water partition coefficient (Wildman–Crippen LogP) is 13.7. The summed E-state index contributed by atoms with van der Waals surface area (Å²) in [6.45, 7) is 4.30. The van der Waals surface area contributed by atoms with Gasteiger partial charge in [-0.2, -0.15) is 0 Å². The van der Waals surface area contributed by atoms with Crippen LogP contribution >= 0.6 is 0 Å². The lowest BCUT2D eigenvalue weighted by molar-refractivity contribution is 0.631. The molecule has 0 N–H and O–H groups in total. The summed E-state index contributed by atoms with van der Waals surface area (Å²) in [5, 5.41) is 2.28. The maximum Gasteiger partial charge on any atom is 0.164 e. The van der Waals surface area contributed by atoms with Gasteiger partial charge in [0.15, 0.2) is 17.5 Å². The first-order valence-electron chi connectivity index (χ1n) is 19.5. The van der Waals surface area contributed by atoms with Crippen LogP contribution in [-0.4, -0.2) is 19.5 Å². The number of nitrogens with zero attached hydrogens (tertiary/aromatic N) is 4. The van der Waals surface area contributed by atoms with Crippen molar-refractivity contribution in [2.24, 2.45) is 0 Å². The van der Waals surface area contributed by atoms with E-state index in [0.29, 0.717) is 34.2 Å². The Labute approximate surface area is 336 Å². The molecule has 0 radical (unpaired) electrons. The Balaban J connectivity index is 1.28. The molecule has 0 bridgehead atoms. The second-order valence-corrected chi connectivity index (χ2v) is 14.7. The van der Waals surface area contributed by atoms with Crippen molar-refractivity contribution in [2.45, 2.75) is 13.8 Å². The van der Waals surface area contributed by atoms with E-state index in [2.05, 4.69) is 115 Å². The molecule has 0 aliphatic rings. The van der Waals surface area contributed by atoms with Crippen LogP contribution in [0.5, 0.6) is 0 Å². The molecule has 2 heterocycles. The minimum Gasteiger partial charge on any atom is -0.309 e. The Bertz CT molecular complexity index is 2990. The number of benzene rings is 8. The zero-order chi connectivity index (χ0) is 39.2. The normalized spacial score (nSPS) is 11.4. The van der Waals surface area contributed by atoms with Gasteiger partial charge in [-0.05, 0) is 83.1 Å². The summed E-state index contributed by atoms with van der Waals surface area (Å²) < 4.78 is 18.2. The zero-order valence-corrected chi connectivity index (χ0v) is 32.1. The summed E-state index contributed by atoms with van der Waals surface area (Å²) in [4.78, 5) is 15.2. The highest BCUT2D eigenvalue weighted by atomic mass is 19.1. The maximum atomic E-state index is 15.9. The molecule has 0 aliphatic heterocycles. The van der Waals surface area contributed by atoms with Gasteiger partial charge in [-0.1, -0.05) is 158 Å². The van der Waals surface area contributed by atoms with Gasteiger partial charge in [-0.15, -0.1) is 0 Å². The molecule has 0 spiro atoms. The standard InChI is InChI=1S/C53H37FN4/c1-34-15-9-11-21-41(34)38-25-28-45-46-29-26-39(42-22-12-10-16-35(42)2)32-50(46)58(49(45)31-38)40-27-30-43(44-23-13-14-24-48(44)54)47(33-40)53-56-51(36-17-5-3-6-18-36)55-52(57-53)37-19-7-4-8-20-37/h3-33H,1-2H3. The van der Waals surface area contributed by atoms with Crippen LogP contribution in [0.2, 0.25) is 0 Å². The number of aryl methyl sites for hydroxylation is 2. The molecule has 10 aromatic rings. The number of halogens is 1. The van der Waals surface area contributed by atoms with Crippen LogP contribution < -0.4 is 0 Å². The van der Waals surface area contributed by atoms with Crippen LogP contribution in [0.1, 0.15) is 11.1 Å². The van der Waals surface area contributed by atoms with Gasteiger partial charge < -0.3 is 4.57 Å². The summed E-state index contributed by atoms with van der Waals surface area (Å²) >= 11 is 0. The zero-order valence-electron chi connectivity index (χ0n) is 32.1. The SMILES string of the molecule is Cc1ccccc1-c1ccc2c3ccc(-c4ccccc4C)cc3n(-c3ccc(-c4ccccc4F)c(-c4nc(-c5ccccc5)nc(-c5ccccc5)n4)c3)c2c1. The Morgan fingerprint density at radius 2 is 0.828 bits per heavy atom. The largest absolute Gasteiger partial charge is 0.309 e. The van der Waals surface area contributed by atoms with Crippen LogP contribution in [0.4, 0.5) is 4.39 Å². The van der Waals surface area contributed by atoms with Gasteiger partial charge in [-0.25, -0.2) is 19.3 Å². The molecule has 0 amide bonds.